The van der Waals surface area contributed by atoms with Crippen molar-refractivity contribution in [2.75, 3.05) is 11.9 Å². The van der Waals surface area contributed by atoms with Gasteiger partial charge in [0.25, 0.3) is 5.91 Å². The van der Waals surface area contributed by atoms with Gasteiger partial charge in [-0.15, -0.1) is 0 Å². The maximum Gasteiger partial charge on any atom is 0.333 e. The van der Waals surface area contributed by atoms with Gasteiger partial charge in [0.1, 0.15) is 24.2 Å². The maximum atomic E-state index is 12.0. The number of amides is 1. The number of fused-ring (bicyclic) bond motifs is 1. The molecular formula is C22H22ClN9O6. The number of carbonyl (C=O) groups excluding carboxylic acids is 1. The van der Waals surface area contributed by atoms with Crippen LogP contribution in [0.2, 0.25) is 5.02 Å². The second-order valence-corrected chi connectivity index (χ2v) is 9.19. The molecule has 1 saturated heterocycles. The van der Waals surface area contributed by atoms with Crippen molar-refractivity contribution in [1.82, 2.24) is 24.8 Å². The Kier molecular flexibility index (Phi) is 7.15. The third-order valence-electron chi connectivity index (χ3n) is 6.07. The molecule has 2 fully saturated rings. The number of nitrogens with one attached hydrogen (secondary N) is 2. The molecule has 1 aliphatic heterocycles. The lowest BCUT2D eigenvalue weighted by Crippen LogP contribution is -2.34. The Morgan fingerprint density at radius 3 is 2.87 bits per heavy atom. The van der Waals surface area contributed by atoms with Crippen molar-refractivity contribution in [2.45, 2.75) is 49.9 Å². The van der Waals surface area contributed by atoms with Gasteiger partial charge >= 0.3 is 5.97 Å². The minimum atomic E-state index is -1.55. The van der Waals surface area contributed by atoms with Gasteiger partial charge in [0.15, 0.2) is 35.9 Å². The summed E-state index contributed by atoms with van der Waals surface area (Å²) in [4.78, 5) is 38.9. The lowest BCUT2D eigenvalue weighted by Gasteiger charge is -2.17. The molecule has 15 nitrogen and oxygen atoms in total. The van der Waals surface area contributed by atoms with Crippen LogP contribution in [0.3, 0.4) is 0 Å². The van der Waals surface area contributed by atoms with Crippen LogP contribution in [0.25, 0.3) is 21.6 Å². The van der Waals surface area contributed by atoms with Gasteiger partial charge in [-0.1, -0.05) is 16.7 Å². The summed E-state index contributed by atoms with van der Waals surface area (Å²) < 4.78 is 12.5. The number of carbonyl (C=O) groups is 2. The normalized spacial score (nSPS) is 22.6. The molecule has 5 rings (SSSR count). The third-order valence-corrected chi connectivity index (χ3v) is 6.30. The van der Waals surface area contributed by atoms with E-state index < -0.39 is 30.4 Å². The van der Waals surface area contributed by atoms with Crippen LogP contribution >= 0.6 is 11.6 Å². The van der Waals surface area contributed by atoms with Gasteiger partial charge in [0.05, 0.1) is 6.33 Å². The quantitative estimate of drug-likeness (QED) is 0.165. The average Bonchev–Trinajstić information content (AvgIpc) is 3.51. The summed E-state index contributed by atoms with van der Waals surface area (Å²) in [6, 6.07) is 3.92. The fourth-order valence-electron chi connectivity index (χ4n) is 4.10. The highest BCUT2D eigenvalue weighted by atomic mass is 35.5. The summed E-state index contributed by atoms with van der Waals surface area (Å²) >= 11 is 6.18. The second-order valence-electron chi connectivity index (χ2n) is 8.75. The van der Waals surface area contributed by atoms with Gasteiger partial charge in [-0.3, -0.25) is 9.36 Å². The number of benzene rings is 1. The summed E-state index contributed by atoms with van der Waals surface area (Å²) in [6.07, 6.45) is 0.323. The zero-order valence-electron chi connectivity index (χ0n) is 19.6. The minimum Gasteiger partial charge on any atom is -0.483 e. The van der Waals surface area contributed by atoms with Crippen molar-refractivity contribution in [3.63, 3.8) is 0 Å². The first kappa shape index (κ1) is 25.5. The minimum absolute atomic E-state index is 0.134. The predicted molar refractivity (Wildman–Crippen MR) is 131 cm³/mol. The highest BCUT2D eigenvalue weighted by molar-refractivity contribution is 6.30. The molecule has 198 valence electrons. The number of hydrogen-bond donors (Lipinski definition) is 4. The monoisotopic (exact) mass is 543 g/mol. The average molecular weight is 544 g/mol. The van der Waals surface area contributed by atoms with Crippen LogP contribution in [-0.2, 0) is 20.9 Å². The number of carboxylic acids is 1. The molecule has 4 unspecified atom stereocenters. The molecular weight excluding hydrogens is 522 g/mol. The zero-order valence-corrected chi connectivity index (χ0v) is 20.4. The summed E-state index contributed by atoms with van der Waals surface area (Å²) in [5.74, 6) is -0.779. The molecule has 1 aromatic carbocycles. The Morgan fingerprint density at radius 2 is 2.13 bits per heavy atom. The molecule has 1 aliphatic carbocycles. The first-order chi connectivity index (χ1) is 18.4. The summed E-state index contributed by atoms with van der Waals surface area (Å²) in [5, 5.41) is 29.9. The molecule has 4 atom stereocenters. The van der Waals surface area contributed by atoms with E-state index in [9.17, 15) is 19.8 Å². The van der Waals surface area contributed by atoms with Crippen LogP contribution in [0, 0.1) is 0 Å². The lowest BCUT2D eigenvalue weighted by molar-refractivity contribution is -0.152. The van der Waals surface area contributed by atoms with E-state index in [4.69, 9.17) is 26.6 Å². The van der Waals surface area contributed by atoms with E-state index in [-0.39, 0.29) is 30.7 Å². The second kappa shape index (κ2) is 10.7. The standard InChI is InChI=1S/C22H22ClN9O6/c23-11-1-4-13(37-7-14(33)29-12-2-3-12)10(5-11)6-25-19-16-20(27-8-26-19)32(9-28-16)21-17(34)15(30-31-24)18(38-21)22(35)36/h1,4-5,8-9,12,15,17-18,21,34H,2-3,6-7H2,(H,29,33)(H,35,36)(H,25,26,27). The number of carboxylic acid groups (broad SMARTS) is 1. The number of aromatic nitrogens is 4. The summed E-state index contributed by atoms with van der Waals surface area (Å²) in [6.45, 7) is 0.0763. The van der Waals surface area contributed by atoms with Crippen LogP contribution in [0.1, 0.15) is 24.6 Å². The van der Waals surface area contributed by atoms with Crippen LogP contribution < -0.4 is 15.4 Å². The number of anilines is 1. The van der Waals surface area contributed by atoms with Gasteiger partial charge in [-0.25, -0.2) is 19.7 Å². The fraction of sp³-hybridized carbons (Fsp3) is 0.409. The molecule has 0 bridgehead atoms. The van der Waals surface area contributed by atoms with Gasteiger partial charge in [0, 0.05) is 28.1 Å². The Hall–Kier alpha value is -4.17. The molecule has 1 saturated carbocycles. The highest BCUT2D eigenvalue weighted by Crippen LogP contribution is 2.34. The number of aliphatic hydroxyl groups is 1. The van der Waals surface area contributed by atoms with Crippen molar-refractivity contribution in [3.05, 3.63) is 51.9 Å². The van der Waals surface area contributed by atoms with E-state index in [1.807, 2.05) is 0 Å². The molecule has 0 spiro atoms. The molecule has 2 aliphatic rings. The number of nitrogens with zero attached hydrogens (tertiary/aromatic N) is 7. The Bertz CT molecular complexity index is 1420. The van der Waals surface area contributed by atoms with E-state index in [2.05, 4.69) is 35.6 Å². The number of hydrogen-bond acceptors (Lipinski definition) is 10. The van der Waals surface area contributed by atoms with Gasteiger partial charge in [-0.2, -0.15) is 0 Å². The third kappa shape index (κ3) is 5.26. The molecule has 4 N–H and O–H groups in total. The van der Waals surface area contributed by atoms with Crippen LogP contribution in [0.15, 0.2) is 36.0 Å². The first-order valence-corrected chi connectivity index (χ1v) is 12.0. The number of rotatable bonds is 10. The number of imidazole rings is 1. The molecule has 0 radical (unpaired) electrons. The van der Waals surface area contributed by atoms with Crippen molar-refractivity contribution < 1.29 is 29.3 Å². The van der Waals surface area contributed by atoms with Crippen molar-refractivity contribution >= 4 is 40.5 Å². The smallest absolute Gasteiger partial charge is 0.333 e. The first-order valence-electron chi connectivity index (χ1n) is 11.6. The Labute approximate surface area is 219 Å². The van der Waals surface area contributed by atoms with E-state index in [1.165, 1.54) is 17.2 Å². The van der Waals surface area contributed by atoms with Gasteiger partial charge in [0.2, 0.25) is 0 Å². The number of halogens is 1. The number of aliphatic carboxylic acids is 1. The van der Waals surface area contributed by atoms with Crippen molar-refractivity contribution in [3.8, 4) is 5.75 Å². The fourth-order valence-corrected chi connectivity index (χ4v) is 4.29. The topological polar surface area (TPSA) is 209 Å². The van der Waals surface area contributed by atoms with E-state index in [0.29, 0.717) is 27.7 Å². The predicted octanol–water partition coefficient (Wildman–Crippen LogP) is 1.77. The molecule has 1 amide bonds. The summed E-state index contributed by atoms with van der Waals surface area (Å²) in [5.41, 5.74) is 10.00. The molecule has 16 heteroatoms. The zero-order chi connectivity index (χ0) is 26.8. The SMILES string of the molecule is [N-]=[N+]=NC1C(C(=O)O)OC(n2cnc3c(NCc4cc(Cl)ccc4OCC(=O)NC4CC4)ncnc32)C1O. The molecule has 3 heterocycles. The number of azide groups is 1. The Morgan fingerprint density at radius 1 is 1.32 bits per heavy atom. The lowest BCUT2D eigenvalue weighted by atomic mass is 10.1. The summed E-state index contributed by atoms with van der Waals surface area (Å²) in [7, 11) is 0. The van der Waals surface area contributed by atoms with E-state index >= 15 is 0 Å². The van der Waals surface area contributed by atoms with Crippen LogP contribution in [0.5, 0.6) is 5.75 Å². The molecule has 38 heavy (non-hydrogen) atoms. The van der Waals surface area contributed by atoms with Gasteiger partial charge in [-0.05, 0) is 36.6 Å². The molecule has 2 aromatic heterocycles. The van der Waals surface area contributed by atoms with E-state index in [0.717, 1.165) is 12.8 Å². The van der Waals surface area contributed by atoms with Gasteiger partial charge < -0.3 is 30.3 Å². The van der Waals surface area contributed by atoms with Crippen LogP contribution in [-0.4, -0.2) is 72.5 Å². The van der Waals surface area contributed by atoms with E-state index in [1.54, 1.807) is 18.2 Å². The number of aliphatic hydroxyl groups excluding tert-OH is 1. The Balaban J connectivity index is 1.34. The van der Waals surface area contributed by atoms with Crippen molar-refractivity contribution in [2.24, 2.45) is 5.11 Å². The molecule has 3 aromatic rings. The number of ether oxygens (including phenoxy) is 2. The maximum absolute atomic E-state index is 12.0. The largest absolute Gasteiger partial charge is 0.483 e. The van der Waals surface area contributed by atoms with Crippen molar-refractivity contribution in [1.29, 1.82) is 0 Å². The van der Waals surface area contributed by atoms with Crippen LogP contribution in [0.4, 0.5) is 5.82 Å². The highest BCUT2D eigenvalue weighted by Gasteiger charge is 2.48.